The minimum absolute atomic E-state index is 0.197. The standard InChI is InChI=1S/C21H22FN9O/c1-11-7-15(11)26-21(32)12-9-24-31-18(23-2)8-17(28-20(12)31)27-16-6-4-5-14(25-16)13-10-30(3)29-19(13)22/h4-6,8-11,15,23H,7H2,1-3H3,(H,26,32)(H,25,27,28)/t11-,15+/m0/s1. The molecule has 1 fully saturated rings. The van der Waals surface area contributed by atoms with E-state index in [-0.39, 0.29) is 11.9 Å². The number of nitrogens with zero attached hydrogens (tertiary/aromatic N) is 6. The second-order valence-corrected chi connectivity index (χ2v) is 7.90. The van der Waals surface area contributed by atoms with E-state index >= 15 is 0 Å². The molecule has 11 heteroatoms. The zero-order valence-electron chi connectivity index (χ0n) is 17.8. The molecular formula is C21H22FN9O. The van der Waals surface area contributed by atoms with Crippen LogP contribution < -0.4 is 16.0 Å². The van der Waals surface area contributed by atoms with E-state index in [0.29, 0.717) is 45.8 Å². The van der Waals surface area contributed by atoms with Gasteiger partial charge in [0.05, 0.1) is 17.5 Å². The van der Waals surface area contributed by atoms with Crippen LogP contribution in [0.5, 0.6) is 0 Å². The summed E-state index contributed by atoms with van der Waals surface area (Å²) in [6.45, 7) is 2.10. The maximum atomic E-state index is 14.1. The van der Waals surface area contributed by atoms with Crippen LogP contribution in [0.2, 0.25) is 0 Å². The summed E-state index contributed by atoms with van der Waals surface area (Å²) in [5.74, 6) is 1.28. The number of amides is 1. The molecule has 0 spiro atoms. The summed E-state index contributed by atoms with van der Waals surface area (Å²) < 4.78 is 17.0. The maximum absolute atomic E-state index is 14.1. The molecule has 4 heterocycles. The number of anilines is 3. The molecule has 2 atom stereocenters. The predicted octanol–water partition coefficient (Wildman–Crippen LogP) is 2.59. The van der Waals surface area contributed by atoms with Crippen LogP contribution in [0, 0.1) is 11.9 Å². The van der Waals surface area contributed by atoms with Crippen molar-refractivity contribution >= 4 is 29.0 Å². The van der Waals surface area contributed by atoms with E-state index in [1.54, 1.807) is 49.1 Å². The minimum atomic E-state index is -0.589. The van der Waals surface area contributed by atoms with Gasteiger partial charge in [0, 0.05) is 32.4 Å². The molecule has 0 aromatic carbocycles. The normalized spacial score (nSPS) is 17.4. The average molecular weight is 435 g/mol. The highest BCUT2D eigenvalue weighted by atomic mass is 19.1. The second-order valence-electron chi connectivity index (χ2n) is 7.90. The molecular weight excluding hydrogens is 413 g/mol. The molecule has 0 bridgehead atoms. The van der Waals surface area contributed by atoms with Gasteiger partial charge in [-0.2, -0.15) is 14.0 Å². The third-order valence-electron chi connectivity index (χ3n) is 5.46. The Kier molecular flexibility index (Phi) is 4.72. The van der Waals surface area contributed by atoms with E-state index in [0.717, 1.165) is 6.42 Å². The molecule has 32 heavy (non-hydrogen) atoms. The summed E-state index contributed by atoms with van der Waals surface area (Å²) in [5, 5.41) is 17.2. The van der Waals surface area contributed by atoms with Gasteiger partial charge in [0.15, 0.2) is 5.65 Å². The van der Waals surface area contributed by atoms with Crippen LogP contribution in [0.4, 0.5) is 21.8 Å². The predicted molar refractivity (Wildman–Crippen MR) is 117 cm³/mol. The fourth-order valence-corrected chi connectivity index (χ4v) is 3.55. The van der Waals surface area contributed by atoms with Crippen molar-refractivity contribution in [2.24, 2.45) is 13.0 Å². The Labute approximate surface area is 182 Å². The summed E-state index contributed by atoms with van der Waals surface area (Å²) in [7, 11) is 3.41. The molecule has 4 aromatic rings. The first-order valence-electron chi connectivity index (χ1n) is 10.2. The zero-order chi connectivity index (χ0) is 22.4. The molecule has 164 valence electrons. The van der Waals surface area contributed by atoms with E-state index in [2.05, 4.69) is 43.0 Å². The largest absolute Gasteiger partial charge is 0.373 e. The lowest BCUT2D eigenvalue weighted by molar-refractivity contribution is 0.0951. The monoisotopic (exact) mass is 435 g/mol. The summed E-state index contributed by atoms with van der Waals surface area (Å²) in [6.07, 6.45) is 4.06. The highest BCUT2D eigenvalue weighted by molar-refractivity contribution is 6.00. The molecule has 1 amide bonds. The zero-order valence-corrected chi connectivity index (χ0v) is 17.8. The molecule has 3 N–H and O–H groups in total. The molecule has 5 rings (SSSR count). The number of hydrogen-bond acceptors (Lipinski definition) is 7. The van der Waals surface area contributed by atoms with Gasteiger partial charge in [0.2, 0.25) is 5.95 Å². The Hall–Kier alpha value is -4.02. The lowest BCUT2D eigenvalue weighted by Crippen LogP contribution is -2.26. The first-order valence-corrected chi connectivity index (χ1v) is 10.2. The minimum Gasteiger partial charge on any atom is -0.373 e. The van der Waals surface area contributed by atoms with Crippen LogP contribution in [0.1, 0.15) is 23.7 Å². The summed E-state index contributed by atoms with van der Waals surface area (Å²) in [4.78, 5) is 21.8. The van der Waals surface area contributed by atoms with Crippen molar-refractivity contribution in [3.8, 4) is 11.3 Å². The molecule has 1 aliphatic rings. The Bertz CT molecular complexity index is 1330. The number of fused-ring (bicyclic) bond motifs is 1. The number of aryl methyl sites for hydroxylation is 1. The molecule has 1 saturated carbocycles. The lowest BCUT2D eigenvalue weighted by Gasteiger charge is -2.10. The van der Waals surface area contributed by atoms with Gasteiger partial charge in [-0.15, -0.1) is 5.10 Å². The Morgan fingerprint density at radius 1 is 1.25 bits per heavy atom. The van der Waals surface area contributed by atoms with E-state index < -0.39 is 5.95 Å². The summed E-state index contributed by atoms with van der Waals surface area (Å²) >= 11 is 0. The van der Waals surface area contributed by atoms with E-state index in [4.69, 9.17) is 0 Å². The van der Waals surface area contributed by atoms with Gasteiger partial charge in [-0.25, -0.2) is 9.97 Å². The van der Waals surface area contributed by atoms with Gasteiger partial charge in [-0.05, 0) is 24.5 Å². The topological polar surface area (TPSA) is 114 Å². The first-order chi connectivity index (χ1) is 15.4. The number of halogens is 1. The molecule has 4 aromatic heterocycles. The van der Waals surface area contributed by atoms with Gasteiger partial charge in [-0.3, -0.25) is 9.48 Å². The highest BCUT2D eigenvalue weighted by Gasteiger charge is 2.34. The maximum Gasteiger partial charge on any atom is 0.256 e. The summed E-state index contributed by atoms with van der Waals surface area (Å²) in [5.41, 5.74) is 1.56. The number of pyridine rings is 1. The van der Waals surface area contributed by atoms with Crippen molar-refractivity contribution in [3.63, 3.8) is 0 Å². The van der Waals surface area contributed by atoms with Crippen LogP contribution in [-0.4, -0.2) is 48.4 Å². The Morgan fingerprint density at radius 3 is 2.75 bits per heavy atom. The van der Waals surface area contributed by atoms with Gasteiger partial charge >= 0.3 is 0 Å². The highest BCUT2D eigenvalue weighted by Crippen LogP contribution is 2.30. The van der Waals surface area contributed by atoms with Crippen molar-refractivity contribution < 1.29 is 9.18 Å². The number of nitrogens with one attached hydrogen (secondary N) is 3. The Balaban J connectivity index is 1.48. The molecule has 1 aliphatic carbocycles. The molecule has 10 nitrogen and oxygen atoms in total. The first kappa shape index (κ1) is 19.9. The summed E-state index contributed by atoms with van der Waals surface area (Å²) in [6, 6.07) is 7.18. The second kappa shape index (κ2) is 7.59. The van der Waals surface area contributed by atoms with Crippen LogP contribution in [0.25, 0.3) is 16.9 Å². The molecule has 0 aliphatic heterocycles. The van der Waals surface area contributed by atoms with Gasteiger partial charge in [0.25, 0.3) is 5.91 Å². The van der Waals surface area contributed by atoms with Crippen LogP contribution in [0.3, 0.4) is 0 Å². The molecule has 0 unspecified atom stereocenters. The van der Waals surface area contributed by atoms with Gasteiger partial charge < -0.3 is 16.0 Å². The number of carbonyl (C=O) groups excluding carboxylic acids is 1. The smallest absolute Gasteiger partial charge is 0.256 e. The van der Waals surface area contributed by atoms with Crippen LogP contribution in [-0.2, 0) is 7.05 Å². The third-order valence-corrected chi connectivity index (χ3v) is 5.46. The number of aromatic nitrogens is 6. The lowest BCUT2D eigenvalue weighted by atomic mass is 10.2. The SMILES string of the molecule is CNc1cc(Nc2cccc(-c3cn(C)nc3F)n2)nc2c(C(=O)N[C@@H]3C[C@@H]3C)cnn12. The van der Waals surface area contributed by atoms with Crippen LogP contribution >= 0.6 is 0 Å². The fourth-order valence-electron chi connectivity index (χ4n) is 3.55. The fraction of sp³-hybridized carbons (Fsp3) is 0.286. The van der Waals surface area contributed by atoms with Crippen molar-refractivity contribution in [1.82, 2.24) is 34.7 Å². The van der Waals surface area contributed by atoms with Gasteiger partial charge in [0.1, 0.15) is 23.0 Å². The van der Waals surface area contributed by atoms with Crippen molar-refractivity contribution in [3.05, 3.63) is 48.2 Å². The average Bonchev–Trinajstić information content (AvgIpc) is 3.14. The quantitative estimate of drug-likeness (QED) is 0.427. The van der Waals surface area contributed by atoms with Crippen molar-refractivity contribution in [2.45, 2.75) is 19.4 Å². The van der Waals surface area contributed by atoms with Crippen molar-refractivity contribution in [1.29, 1.82) is 0 Å². The van der Waals surface area contributed by atoms with E-state index in [1.807, 2.05) is 0 Å². The van der Waals surface area contributed by atoms with Crippen LogP contribution in [0.15, 0.2) is 36.7 Å². The van der Waals surface area contributed by atoms with Gasteiger partial charge in [-0.1, -0.05) is 13.0 Å². The number of hydrogen-bond donors (Lipinski definition) is 3. The molecule has 0 saturated heterocycles. The van der Waals surface area contributed by atoms with E-state index in [9.17, 15) is 9.18 Å². The number of carbonyl (C=O) groups is 1. The third kappa shape index (κ3) is 3.61. The Morgan fingerprint density at radius 2 is 2.06 bits per heavy atom. The molecule has 0 radical (unpaired) electrons. The van der Waals surface area contributed by atoms with E-state index in [1.165, 1.54) is 10.9 Å². The number of rotatable bonds is 6. The van der Waals surface area contributed by atoms with Crippen molar-refractivity contribution in [2.75, 3.05) is 17.7 Å².